The van der Waals surface area contributed by atoms with Crippen LogP contribution < -0.4 is 0 Å². The van der Waals surface area contributed by atoms with E-state index in [9.17, 15) is 5.11 Å². The second-order valence-electron chi connectivity index (χ2n) is 4.17. The van der Waals surface area contributed by atoms with Crippen LogP contribution in [0.5, 0.6) is 0 Å². The van der Waals surface area contributed by atoms with Gasteiger partial charge in [-0.3, -0.25) is 4.57 Å². The molecule has 0 unspecified atom stereocenters. The summed E-state index contributed by atoms with van der Waals surface area (Å²) >= 11 is 5.07. The van der Waals surface area contributed by atoms with Crippen molar-refractivity contribution in [3.8, 4) is 0 Å². The van der Waals surface area contributed by atoms with Gasteiger partial charge in [0.2, 0.25) is 0 Å². The zero-order valence-corrected chi connectivity index (χ0v) is 10.2. The molecule has 1 aliphatic heterocycles. The highest BCUT2D eigenvalue weighted by molar-refractivity contribution is 7.71. The number of aliphatic hydroxyl groups is 2. The Morgan fingerprint density at radius 2 is 2.39 bits per heavy atom. The Bertz CT molecular complexity index is 625. The Morgan fingerprint density at radius 1 is 1.56 bits per heavy atom. The van der Waals surface area contributed by atoms with E-state index in [2.05, 4.69) is 15.0 Å². The van der Waals surface area contributed by atoms with Crippen LogP contribution in [0.25, 0.3) is 11.2 Å². The number of imidazole rings is 1. The van der Waals surface area contributed by atoms with Gasteiger partial charge in [-0.05, 0) is 0 Å². The lowest BCUT2D eigenvalue weighted by atomic mass is 10.2. The first-order valence-corrected chi connectivity index (χ1v) is 5.96. The summed E-state index contributed by atoms with van der Waals surface area (Å²) in [5.41, 5.74) is 1.30. The monoisotopic (exact) mass is 268 g/mol. The quantitative estimate of drug-likeness (QED) is 0.670. The number of aliphatic hydroxyl groups excluding tert-OH is 2. The van der Waals surface area contributed by atoms with E-state index in [-0.39, 0.29) is 12.8 Å². The van der Waals surface area contributed by atoms with Gasteiger partial charge in [-0.2, -0.15) is 0 Å². The standard InChI is InChI=1S/C10H12N4O3S/c15-2-6-5(16)1-7(17-6)14-4-13-8-9(14)11-3-12-10(8)18/h3-7,15-16H,1-2H2,(H,11,12,18)/t5-,6+,7+/m1/s1. The molecule has 0 aromatic carbocycles. The van der Waals surface area contributed by atoms with E-state index in [0.29, 0.717) is 22.2 Å². The molecule has 96 valence electrons. The van der Waals surface area contributed by atoms with Crippen molar-refractivity contribution in [2.24, 2.45) is 0 Å². The molecule has 3 rings (SSSR count). The predicted octanol–water partition coefficient (Wildman–Crippen LogP) is 0.130. The number of H-pyrrole nitrogens is 1. The first-order chi connectivity index (χ1) is 8.70. The maximum absolute atomic E-state index is 9.72. The smallest absolute Gasteiger partial charge is 0.157 e. The third kappa shape index (κ3) is 1.74. The van der Waals surface area contributed by atoms with E-state index >= 15 is 0 Å². The summed E-state index contributed by atoms with van der Waals surface area (Å²) in [6, 6.07) is 0. The maximum atomic E-state index is 9.72. The predicted molar refractivity (Wildman–Crippen MR) is 64.3 cm³/mol. The van der Waals surface area contributed by atoms with Gasteiger partial charge in [-0.15, -0.1) is 0 Å². The fourth-order valence-corrected chi connectivity index (χ4v) is 2.34. The van der Waals surface area contributed by atoms with Crippen LogP contribution in [-0.2, 0) is 4.74 Å². The number of nitrogens with one attached hydrogen (secondary N) is 1. The van der Waals surface area contributed by atoms with Crippen molar-refractivity contribution < 1.29 is 14.9 Å². The van der Waals surface area contributed by atoms with Gasteiger partial charge in [0.15, 0.2) is 4.64 Å². The van der Waals surface area contributed by atoms with E-state index in [1.54, 1.807) is 10.9 Å². The molecule has 8 heteroatoms. The molecule has 0 saturated carbocycles. The van der Waals surface area contributed by atoms with Crippen LogP contribution in [0.1, 0.15) is 12.6 Å². The number of hydrogen-bond acceptors (Lipinski definition) is 6. The molecule has 3 atom stereocenters. The Balaban J connectivity index is 2.01. The molecule has 0 amide bonds. The molecule has 2 aromatic heterocycles. The number of hydrogen-bond donors (Lipinski definition) is 3. The molecule has 0 bridgehead atoms. The molecular formula is C10H12N4O3S. The van der Waals surface area contributed by atoms with Crippen LogP contribution >= 0.6 is 12.2 Å². The van der Waals surface area contributed by atoms with Gasteiger partial charge in [0.25, 0.3) is 0 Å². The maximum Gasteiger partial charge on any atom is 0.157 e. The highest BCUT2D eigenvalue weighted by Crippen LogP contribution is 2.30. The van der Waals surface area contributed by atoms with E-state index in [1.165, 1.54) is 6.33 Å². The summed E-state index contributed by atoms with van der Waals surface area (Å²) in [7, 11) is 0. The van der Waals surface area contributed by atoms with Crippen LogP contribution in [0.4, 0.5) is 0 Å². The van der Waals surface area contributed by atoms with Gasteiger partial charge in [-0.1, -0.05) is 12.2 Å². The molecule has 3 N–H and O–H groups in total. The minimum absolute atomic E-state index is 0.206. The third-order valence-corrected chi connectivity index (χ3v) is 3.37. The SMILES string of the molecule is OC[C@@H]1O[C@H](n2cnc3c(=S)nc[nH]c32)C[C@H]1O. The van der Waals surface area contributed by atoms with Crippen LogP contribution in [0.2, 0.25) is 0 Å². The highest BCUT2D eigenvalue weighted by Gasteiger charge is 2.35. The molecule has 0 radical (unpaired) electrons. The summed E-state index contributed by atoms with van der Waals surface area (Å²) in [5.74, 6) is 0. The number of fused-ring (bicyclic) bond motifs is 1. The van der Waals surface area contributed by atoms with Gasteiger partial charge in [-0.25, -0.2) is 9.97 Å². The summed E-state index contributed by atoms with van der Waals surface area (Å²) in [5, 5.41) is 18.8. The number of nitrogens with zero attached hydrogens (tertiary/aromatic N) is 3. The van der Waals surface area contributed by atoms with Crippen molar-refractivity contribution in [1.82, 2.24) is 19.5 Å². The van der Waals surface area contributed by atoms with Crippen LogP contribution in [-0.4, -0.2) is 48.5 Å². The molecule has 18 heavy (non-hydrogen) atoms. The Labute approximate surface area is 107 Å². The first kappa shape index (κ1) is 11.7. The largest absolute Gasteiger partial charge is 0.394 e. The number of aromatic amines is 1. The fraction of sp³-hybridized carbons (Fsp3) is 0.500. The lowest BCUT2D eigenvalue weighted by Crippen LogP contribution is -2.24. The summed E-state index contributed by atoms with van der Waals surface area (Å²) < 4.78 is 7.74. The zero-order chi connectivity index (χ0) is 12.7. The minimum atomic E-state index is -0.678. The molecule has 1 fully saturated rings. The lowest BCUT2D eigenvalue weighted by molar-refractivity contribution is -0.0432. The first-order valence-electron chi connectivity index (χ1n) is 5.55. The van der Waals surface area contributed by atoms with Crippen molar-refractivity contribution in [2.45, 2.75) is 24.9 Å². The molecule has 3 heterocycles. The Kier molecular flexibility index (Phi) is 2.86. The van der Waals surface area contributed by atoms with Crippen molar-refractivity contribution in [1.29, 1.82) is 0 Å². The molecule has 0 spiro atoms. The van der Waals surface area contributed by atoms with Gasteiger partial charge in [0.1, 0.15) is 23.5 Å². The van der Waals surface area contributed by atoms with E-state index in [1.807, 2.05) is 0 Å². The van der Waals surface area contributed by atoms with Gasteiger partial charge in [0, 0.05) is 6.42 Å². The number of rotatable bonds is 2. The summed E-state index contributed by atoms with van der Waals surface area (Å²) in [4.78, 5) is 11.1. The molecule has 1 aliphatic rings. The van der Waals surface area contributed by atoms with Crippen molar-refractivity contribution in [3.05, 3.63) is 17.3 Å². The van der Waals surface area contributed by atoms with E-state index in [4.69, 9.17) is 22.1 Å². The van der Waals surface area contributed by atoms with Gasteiger partial charge >= 0.3 is 0 Å². The van der Waals surface area contributed by atoms with E-state index < -0.39 is 12.2 Å². The van der Waals surface area contributed by atoms with E-state index in [0.717, 1.165) is 0 Å². The summed E-state index contributed by atoms with van der Waals surface area (Å²) in [6.45, 7) is -0.206. The number of ether oxygens (including phenoxy) is 1. The Hall–Kier alpha value is -1.35. The zero-order valence-electron chi connectivity index (χ0n) is 9.35. The fourth-order valence-electron chi connectivity index (χ4n) is 2.14. The second kappa shape index (κ2) is 4.39. The minimum Gasteiger partial charge on any atom is -0.394 e. The van der Waals surface area contributed by atoms with Crippen molar-refractivity contribution in [3.63, 3.8) is 0 Å². The topological polar surface area (TPSA) is 96.2 Å². The van der Waals surface area contributed by atoms with Crippen LogP contribution in [0.15, 0.2) is 12.7 Å². The average Bonchev–Trinajstić information content (AvgIpc) is 2.93. The second-order valence-corrected chi connectivity index (χ2v) is 4.56. The highest BCUT2D eigenvalue weighted by atomic mass is 32.1. The molecule has 0 aliphatic carbocycles. The van der Waals surface area contributed by atoms with Crippen LogP contribution in [0, 0.1) is 4.64 Å². The molecule has 1 saturated heterocycles. The third-order valence-electron chi connectivity index (χ3n) is 3.07. The molecule has 2 aromatic rings. The van der Waals surface area contributed by atoms with Gasteiger partial charge in [0.05, 0.1) is 25.4 Å². The van der Waals surface area contributed by atoms with Gasteiger partial charge < -0.3 is 19.9 Å². The van der Waals surface area contributed by atoms with Crippen LogP contribution in [0.3, 0.4) is 0 Å². The summed E-state index contributed by atoms with van der Waals surface area (Å²) in [6.07, 6.45) is 1.89. The normalized spacial score (nSPS) is 28.0. The molecular weight excluding hydrogens is 256 g/mol. The van der Waals surface area contributed by atoms with Crippen molar-refractivity contribution >= 4 is 23.4 Å². The lowest BCUT2D eigenvalue weighted by Gasteiger charge is -2.13. The Morgan fingerprint density at radius 3 is 3.11 bits per heavy atom. The molecule has 7 nitrogen and oxygen atoms in total. The number of aromatic nitrogens is 4. The average molecular weight is 268 g/mol. The van der Waals surface area contributed by atoms with Crippen molar-refractivity contribution in [2.75, 3.05) is 6.61 Å².